The summed E-state index contributed by atoms with van der Waals surface area (Å²) < 4.78 is 10.7. The van der Waals surface area contributed by atoms with Gasteiger partial charge in [-0.3, -0.25) is 0 Å². The number of hydrogen-bond donors (Lipinski definition) is 0. The second-order valence-corrected chi connectivity index (χ2v) is 7.96. The molecular weight excluding hydrogens is 400 g/mol. The molecule has 0 amide bonds. The number of unbranched alkanes of at least 4 members (excludes halogenated alkanes) is 4. The minimum atomic E-state index is -0.204. The van der Waals surface area contributed by atoms with Gasteiger partial charge >= 0.3 is 11.9 Å². The summed E-state index contributed by atoms with van der Waals surface area (Å²) in [6.07, 6.45) is 8.68. The normalized spacial score (nSPS) is 11.1. The largest absolute Gasteiger partial charge is 0.462 e. The van der Waals surface area contributed by atoms with E-state index in [1.54, 1.807) is 18.2 Å². The van der Waals surface area contributed by atoms with Crippen molar-refractivity contribution in [1.29, 1.82) is 0 Å². The second kappa shape index (κ2) is 17.0. The third kappa shape index (κ3) is 11.1. The molecular formula is C28H40O4. The smallest absolute Gasteiger partial charge is 0.338 e. The minimum Gasteiger partial charge on any atom is -0.462 e. The van der Waals surface area contributed by atoms with Crippen LogP contribution in [0.5, 0.6) is 0 Å². The van der Waals surface area contributed by atoms with E-state index in [1.807, 2.05) is 43.3 Å². The van der Waals surface area contributed by atoms with Crippen molar-refractivity contribution in [2.24, 2.45) is 0 Å². The molecule has 2 rings (SSSR count). The van der Waals surface area contributed by atoms with Crippen molar-refractivity contribution in [2.45, 2.75) is 85.2 Å². The van der Waals surface area contributed by atoms with E-state index in [1.165, 1.54) is 12.8 Å². The zero-order valence-corrected chi connectivity index (χ0v) is 20.3. The summed E-state index contributed by atoms with van der Waals surface area (Å²) in [6.45, 7) is 8.82. The van der Waals surface area contributed by atoms with E-state index in [0.29, 0.717) is 17.7 Å². The van der Waals surface area contributed by atoms with Crippen molar-refractivity contribution in [3.8, 4) is 0 Å². The Bertz CT molecular complexity index is 770. The topological polar surface area (TPSA) is 52.6 Å². The van der Waals surface area contributed by atoms with Gasteiger partial charge in [-0.1, -0.05) is 82.9 Å². The minimum absolute atomic E-state index is 0.0641. The van der Waals surface area contributed by atoms with Gasteiger partial charge in [-0.05, 0) is 56.4 Å². The first-order valence-electron chi connectivity index (χ1n) is 12.0. The molecule has 0 saturated carbocycles. The highest BCUT2D eigenvalue weighted by molar-refractivity contribution is 5.91. The van der Waals surface area contributed by atoms with Gasteiger partial charge in [0.2, 0.25) is 0 Å². The van der Waals surface area contributed by atoms with Gasteiger partial charge < -0.3 is 9.47 Å². The molecule has 1 atom stereocenters. The van der Waals surface area contributed by atoms with Gasteiger partial charge in [0.25, 0.3) is 0 Å². The lowest BCUT2D eigenvalue weighted by atomic mass is 10.1. The van der Waals surface area contributed by atoms with Crippen LogP contribution in [0.1, 0.15) is 98.4 Å². The average Bonchev–Trinajstić information content (AvgIpc) is 2.82. The molecule has 0 aliphatic rings. The predicted octanol–water partition coefficient (Wildman–Crippen LogP) is 7.54. The lowest BCUT2D eigenvalue weighted by molar-refractivity contribution is 0.0267. The summed E-state index contributed by atoms with van der Waals surface area (Å²) in [6, 6.07) is 16.7. The van der Waals surface area contributed by atoms with Gasteiger partial charge in [0.05, 0.1) is 17.7 Å². The molecule has 0 aliphatic carbocycles. The Hall–Kier alpha value is -2.62. The molecule has 0 N–H and O–H groups in total. The Balaban J connectivity index is 0.000000323. The predicted molar refractivity (Wildman–Crippen MR) is 131 cm³/mol. The average molecular weight is 441 g/mol. The van der Waals surface area contributed by atoms with Crippen LogP contribution in [0.2, 0.25) is 0 Å². The zero-order valence-electron chi connectivity index (χ0n) is 20.3. The highest BCUT2D eigenvalue weighted by Gasteiger charge is 2.13. The van der Waals surface area contributed by atoms with Crippen molar-refractivity contribution in [3.63, 3.8) is 0 Å². The Kier molecular flexibility index (Phi) is 14.6. The van der Waals surface area contributed by atoms with Crippen LogP contribution in [0, 0.1) is 6.92 Å². The number of rotatable bonds is 12. The van der Waals surface area contributed by atoms with Crippen LogP contribution in [0.3, 0.4) is 0 Å². The molecule has 2 aromatic carbocycles. The van der Waals surface area contributed by atoms with E-state index in [4.69, 9.17) is 9.47 Å². The van der Waals surface area contributed by atoms with Gasteiger partial charge in [-0.25, -0.2) is 9.59 Å². The first-order valence-corrected chi connectivity index (χ1v) is 12.0. The molecule has 0 spiro atoms. The summed E-state index contributed by atoms with van der Waals surface area (Å²) in [7, 11) is 0. The lowest BCUT2D eigenvalue weighted by Crippen LogP contribution is -2.17. The van der Waals surface area contributed by atoms with E-state index in [9.17, 15) is 9.59 Å². The first kappa shape index (κ1) is 27.4. The third-order valence-corrected chi connectivity index (χ3v) is 5.21. The van der Waals surface area contributed by atoms with E-state index in [2.05, 4.69) is 20.8 Å². The maximum absolute atomic E-state index is 11.8. The summed E-state index contributed by atoms with van der Waals surface area (Å²) in [5.41, 5.74) is 2.29. The molecule has 176 valence electrons. The highest BCUT2D eigenvalue weighted by Crippen LogP contribution is 2.13. The monoisotopic (exact) mass is 440 g/mol. The molecule has 0 saturated heterocycles. The van der Waals surface area contributed by atoms with Gasteiger partial charge in [-0.15, -0.1) is 0 Å². The van der Waals surface area contributed by atoms with Gasteiger partial charge in [0.15, 0.2) is 0 Å². The van der Waals surface area contributed by atoms with Crippen molar-refractivity contribution in [2.75, 3.05) is 6.61 Å². The quantitative estimate of drug-likeness (QED) is 0.253. The van der Waals surface area contributed by atoms with E-state index >= 15 is 0 Å². The van der Waals surface area contributed by atoms with Crippen LogP contribution in [-0.4, -0.2) is 24.6 Å². The van der Waals surface area contributed by atoms with Gasteiger partial charge in [-0.2, -0.15) is 0 Å². The van der Waals surface area contributed by atoms with Crippen molar-refractivity contribution < 1.29 is 19.1 Å². The van der Waals surface area contributed by atoms with Crippen molar-refractivity contribution >= 4 is 11.9 Å². The van der Waals surface area contributed by atoms with Crippen molar-refractivity contribution in [1.82, 2.24) is 0 Å². The highest BCUT2D eigenvalue weighted by atomic mass is 16.5. The fraction of sp³-hybridized carbons (Fsp3) is 0.500. The van der Waals surface area contributed by atoms with Gasteiger partial charge in [0, 0.05) is 0 Å². The maximum Gasteiger partial charge on any atom is 0.338 e. The van der Waals surface area contributed by atoms with Crippen molar-refractivity contribution in [3.05, 3.63) is 71.3 Å². The first-order chi connectivity index (χ1) is 15.5. The number of esters is 2. The summed E-state index contributed by atoms with van der Waals surface area (Å²) in [4.78, 5) is 23.4. The number of hydrogen-bond acceptors (Lipinski definition) is 4. The zero-order chi connectivity index (χ0) is 23.6. The molecule has 0 aliphatic heterocycles. The number of aryl methyl sites for hydroxylation is 1. The summed E-state index contributed by atoms with van der Waals surface area (Å²) in [5, 5.41) is 0. The fourth-order valence-electron chi connectivity index (χ4n) is 3.16. The van der Waals surface area contributed by atoms with Crippen LogP contribution in [0.4, 0.5) is 0 Å². The standard InChI is InChI=1S/C15H22O2.C13H18O2/c1-3-5-7-12-14(4-2)17-15(16)13-10-8-6-9-11-13;1-3-4-7-10-15-13(14)12-9-6-5-8-11(12)2/h6,8-11,14H,3-5,7,12H2,1-2H3;5-6,8-9H,3-4,7,10H2,1-2H3. The molecule has 4 nitrogen and oxygen atoms in total. The van der Waals surface area contributed by atoms with E-state index in [-0.39, 0.29) is 18.0 Å². The molecule has 2 aromatic rings. The number of ether oxygens (including phenoxy) is 2. The molecule has 1 unspecified atom stereocenters. The van der Waals surface area contributed by atoms with Gasteiger partial charge in [0.1, 0.15) is 6.10 Å². The Labute approximate surface area is 194 Å². The molecule has 0 radical (unpaired) electrons. The molecule has 0 aromatic heterocycles. The molecule has 4 heteroatoms. The Morgan fingerprint density at radius 2 is 1.41 bits per heavy atom. The third-order valence-electron chi connectivity index (χ3n) is 5.21. The number of carbonyl (C=O) groups excluding carboxylic acids is 2. The van der Waals surface area contributed by atoms with Crippen LogP contribution >= 0.6 is 0 Å². The van der Waals surface area contributed by atoms with E-state index in [0.717, 1.165) is 44.1 Å². The maximum atomic E-state index is 11.8. The van der Waals surface area contributed by atoms with E-state index < -0.39 is 0 Å². The fourth-order valence-corrected chi connectivity index (χ4v) is 3.16. The number of benzene rings is 2. The van der Waals surface area contributed by atoms with Crippen LogP contribution in [0.15, 0.2) is 54.6 Å². The summed E-state index contributed by atoms with van der Waals surface area (Å²) >= 11 is 0. The van der Waals surface area contributed by atoms with Crippen LogP contribution < -0.4 is 0 Å². The molecule has 0 fully saturated rings. The Morgan fingerprint density at radius 1 is 0.781 bits per heavy atom. The molecule has 0 heterocycles. The molecule has 32 heavy (non-hydrogen) atoms. The van der Waals surface area contributed by atoms with Crippen LogP contribution in [-0.2, 0) is 9.47 Å². The summed E-state index contributed by atoms with van der Waals surface area (Å²) in [5.74, 6) is -0.404. The Morgan fingerprint density at radius 3 is 2.03 bits per heavy atom. The SMILES string of the molecule is CCCCCC(CC)OC(=O)c1ccccc1.CCCCCOC(=O)c1ccccc1C. The lowest BCUT2D eigenvalue weighted by Gasteiger charge is -2.15. The number of carbonyl (C=O) groups is 2. The van der Waals surface area contributed by atoms with Crippen LogP contribution in [0.25, 0.3) is 0 Å². The molecule has 0 bridgehead atoms. The second-order valence-electron chi connectivity index (χ2n) is 7.96.